The van der Waals surface area contributed by atoms with Crippen LogP contribution in [0.4, 0.5) is 0 Å². The predicted octanol–water partition coefficient (Wildman–Crippen LogP) is 13.8. The van der Waals surface area contributed by atoms with Crippen LogP contribution in [0.25, 0.3) is 6.08 Å². The van der Waals surface area contributed by atoms with E-state index in [-0.39, 0.29) is 35.0 Å². The molecule has 0 bridgehead atoms. The van der Waals surface area contributed by atoms with Crippen LogP contribution in [0.2, 0.25) is 48.9 Å². The molecule has 0 amide bonds. The minimum atomic E-state index is -2.82. The van der Waals surface area contributed by atoms with Gasteiger partial charge in [-0.05, 0) is 120 Å². The van der Waals surface area contributed by atoms with Crippen molar-refractivity contribution in [3.63, 3.8) is 0 Å². The van der Waals surface area contributed by atoms with Crippen LogP contribution >= 0.6 is 0 Å². The second kappa shape index (κ2) is 26.9. The molecule has 4 aromatic rings. The van der Waals surface area contributed by atoms with Gasteiger partial charge in [0.1, 0.15) is 23.2 Å². The third-order valence-corrected chi connectivity index (χ3v) is 25.9. The zero-order valence-electron chi connectivity index (χ0n) is 48.7. The van der Waals surface area contributed by atoms with Gasteiger partial charge in [0.2, 0.25) is 0 Å². The lowest BCUT2D eigenvalue weighted by Gasteiger charge is -2.45. The van der Waals surface area contributed by atoms with Crippen LogP contribution in [-0.2, 0) is 45.6 Å². The lowest BCUT2D eigenvalue weighted by atomic mass is 9.95. The van der Waals surface area contributed by atoms with Crippen molar-refractivity contribution in [2.24, 2.45) is 5.92 Å². The lowest BCUT2D eigenvalue weighted by Crippen LogP contribution is -2.67. The molecule has 0 N–H and O–H groups in total. The highest BCUT2D eigenvalue weighted by Gasteiger charge is 2.52. The van der Waals surface area contributed by atoms with Gasteiger partial charge in [0.25, 0.3) is 8.32 Å². The number of hydrogen-bond acceptors (Lipinski definition) is 10. The molecule has 0 spiro atoms. The molecule has 0 radical (unpaired) electrons. The number of ether oxygens (including phenoxy) is 7. The van der Waals surface area contributed by atoms with Gasteiger partial charge in [0, 0.05) is 27.9 Å². The molecule has 75 heavy (non-hydrogen) atoms. The Hall–Kier alpha value is -4.16. The standard InChI is InChI=1S/C62H92O10Si3/c1-46(47(2)71-75(61(6,7)8,51-27-20-18-21-28-51)52-29-22-19-23-30-52)33-39-56(72-74(16,17)60(3,4)5)58-55(69-62(9,10)70-58)32-24-31-53-49(26-25-41-66-44-48-34-37-50(65-12)38-35-48)36-40-54(68-45-64-11)57(53)59(63)67-42-43-73(13,14)15/h18-24,27-31,33-40,46-47,55-56,58H,25-26,32,41-45H2,1-17H3/b31-24+,39-33-/t46-,47+,55-,56?,58+/m1/s1. The van der Waals surface area contributed by atoms with Gasteiger partial charge in [-0.2, -0.15) is 0 Å². The van der Waals surface area contributed by atoms with E-state index in [4.69, 9.17) is 42.0 Å². The Bertz CT molecular complexity index is 2400. The first-order chi connectivity index (χ1) is 35.2. The third kappa shape index (κ3) is 17.2. The number of carbonyl (C=O) groups excluding carboxylic acids is 1. The maximum Gasteiger partial charge on any atom is 0.342 e. The van der Waals surface area contributed by atoms with Crippen LogP contribution in [-0.4, -0.2) is 95.1 Å². The van der Waals surface area contributed by atoms with Crippen LogP contribution in [0.3, 0.4) is 0 Å². The molecule has 1 heterocycles. The number of rotatable bonds is 27. The molecule has 1 aliphatic heterocycles. The van der Waals surface area contributed by atoms with E-state index in [0.29, 0.717) is 44.0 Å². The van der Waals surface area contributed by atoms with Gasteiger partial charge in [0.15, 0.2) is 20.9 Å². The number of methoxy groups -OCH3 is 2. The van der Waals surface area contributed by atoms with Gasteiger partial charge in [-0.3, -0.25) is 0 Å². The minimum absolute atomic E-state index is 0.0208. The molecule has 1 fully saturated rings. The lowest BCUT2D eigenvalue weighted by molar-refractivity contribution is -0.151. The van der Waals surface area contributed by atoms with E-state index >= 15 is 0 Å². The zero-order chi connectivity index (χ0) is 55.2. The molecule has 1 unspecified atom stereocenters. The van der Waals surface area contributed by atoms with Crippen molar-refractivity contribution in [2.45, 2.75) is 174 Å². The predicted molar refractivity (Wildman–Crippen MR) is 314 cm³/mol. The average Bonchev–Trinajstić information content (AvgIpc) is 3.66. The fourth-order valence-electron chi connectivity index (χ4n) is 9.20. The van der Waals surface area contributed by atoms with Crippen molar-refractivity contribution in [3.05, 3.63) is 138 Å². The van der Waals surface area contributed by atoms with Crippen LogP contribution < -0.4 is 19.8 Å². The molecule has 0 saturated carbocycles. The summed E-state index contributed by atoms with van der Waals surface area (Å²) in [6, 6.07) is 34.3. The summed E-state index contributed by atoms with van der Waals surface area (Å²) in [7, 11) is -3.46. The van der Waals surface area contributed by atoms with Crippen LogP contribution in [0.15, 0.2) is 115 Å². The van der Waals surface area contributed by atoms with Crippen LogP contribution in [0, 0.1) is 5.92 Å². The molecule has 5 atom stereocenters. The molecular formula is C62H92O10Si3. The van der Waals surface area contributed by atoms with Gasteiger partial charge in [-0.1, -0.05) is 171 Å². The van der Waals surface area contributed by atoms with E-state index in [0.717, 1.165) is 34.9 Å². The Morgan fingerprint density at radius 3 is 1.95 bits per heavy atom. The summed E-state index contributed by atoms with van der Waals surface area (Å²) in [6.07, 6.45) is 9.08. The molecule has 1 saturated heterocycles. The number of esters is 1. The third-order valence-electron chi connectivity index (χ3n) is 14.6. The van der Waals surface area contributed by atoms with Crippen molar-refractivity contribution >= 4 is 47.1 Å². The van der Waals surface area contributed by atoms with Gasteiger partial charge in [0.05, 0.1) is 32.5 Å². The van der Waals surface area contributed by atoms with Crippen molar-refractivity contribution in [2.75, 3.05) is 34.2 Å². The van der Waals surface area contributed by atoms with Gasteiger partial charge in [-0.15, -0.1) is 0 Å². The SMILES string of the molecule is COCOc1ccc(CCCOCc2ccc(OC)cc2)c(/C=C/C[C@H]2OC(C)(C)O[C@@H]2C(/C=C\[C@@H](C)[C@H](C)O[Si](c2ccccc2)(c2ccccc2)C(C)(C)C)O[Si](C)(C)C(C)(C)C)c1C(=O)OCC[Si](C)(C)C. The Morgan fingerprint density at radius 2 is 1.39 bits per heavy atom. The molecule has 0 aliphatic carbocycles. The van der Waals surface area contributed by atoms with E-state index < -0.39 is 48.7 Å². The molecule has 5 rings (SSSR count). The second-order valence-corrected chi connectivity index (χ2v) is 39.0. The Morgan fingerprint density at radius 1 is 0.760 bits per heavy atom. The molecule has 0 aromatic heterocycles. The second-order valence-electron chi connectivity index (χ2n) is 24.4. The quantitative estimate of drug-likeness (QED) is 0.0189. The summed E-state index contributed by atoms with van der Waals surface area (Å²) in [5, 5.41) is 2.27. The first kappa shape index (κ1) is 61.7. The first-order valence-corrected chi connectivity index (χ1v) is 35.6. The van der Waals surface area contributed by atoms with E-state index in [1.807, 2.05) is 56.3 Å². The largest absolute Gasteiger partial charge is 0.497 e. The van der Waals surface area contributed by atoms with Gasteiger partial charge < -0.3 is 42.0 Å². The maximum absolute atomic E-state index is 14.3. The maximum atomic E-state index is 14.3. The highest BCUT2D eigenvalue weighted by molar-refractivity contribution is 6.99. The molecule has 4 aromatic carbocycles. The van der Waals surface area contributed by atoms with E-state index in [1.54, 1.807) is 14.2 Å². The van der Waals surface area contributed by atoms with Gasteiger partial charge in [-0.25, -0.2) is 4.79 Å². The fraction of sp³-hybridized carbons (Fsp3) is 0.532. The normalized spacial score (nSPS) is 17.8. The fourth-order valence-corrected chi connectivity index (χ4v) is 15.9. The summed E-state index contributed by atoms with van der Waals surface area (Å²) < 4.78 is 57.6. The number of aryl methyl sites for hydroxylation is 1. The Kier molecular flexibility index (Phi) is 22.2. The summed E-state index contributed by atoms with van der Waals surface area (Å²) in [6.45, 7) is 34.9. The van der Waals surface area contributed by atoms with E-state index in [9.17, 15) is 4.79 Å². The zero-order valence-corrected chi connectivity index (χ0v) is 51.7. The Labute approximate surface area is 455 Å². The number of hydrogen-bond donors (Lipinski definition) is 0. The summed E-state index contributed by atoms with van der Waals surface area (Å²) in [5.74, 6) is -0.0697. The first-order valence-electron chi connectivity index (χ1n) is 27.0. The van der Waals surface area contributed by atoms with Crippen LogP contribution in [0.1, 0.15) is 109 Å². The monoisotopic (exact) mass is 1080 g/mol. The Balaban J connectivity index is 1.49. The number of benzene rings is 4. The topological polar surface area (TPSA) is 100 Å². The molecular weight excluding hydrogens is 989 g/mol. The molecule has 10 nitrogen and oxygen atoms in total. The van der Waals surface area contributed by atoms with Gasteiger partial charge >= 0.3 is 5.97 Å². The number of carbonyl (C=O) groups is 1. The molecule has 13 heteroatoms. The summed E-state index contributed by atoms with van der Waals surface area (Å²) in [4.78, 5) is 14.3. The van der Waals surface area contributed by atoms with Crippen molar-refractivity contribution in [1.82, 2.24) is 0 Å². The minimum Gasteiger partial charge on any atom is -0.497 e. The van der Waals surface area contributed by atoms with Crippen molar-refractivity contribution in [1.29, 1.82) is 0 Å². The molecule has 412 valence electrons. The summed E-state index contributed by atoms with van der Waals surface area (Å²) >= 11 is 0. The van der Waals surface area contributed by atoms with Crippen molar-refractivity contribution < 1.29 is 46.8 Å². The highest BCUT2D eigenvalue weighted by atomic mass is 28.4. The average molecular weight is 1080 g/mol. The smallest absolute Gasteiger partial charge is 0.342 e. The van der Waals surface area contributed by atoms with E-state index in [1.165, 1.54) is 10.4 Å². The molecule has 1 aliphatic rings. The summed E-state index contributed by atoms with van der Waals surface area (Å²) in [5.41, 5.74) is 3.16. The van der Waals surface area contributed by atoms with Crippen LogP contribution in [0.5, 0.6) is 11.5 Å². The van der Waals surface area contributed by atoms with Crippen molar-refractivity contribution in [3.8, 4) is 11.5 Å². The van der Waals surface area contributed by atoms with E-state index in [2.05, 4.69) is 167 Å². The highest BCUT2D eigenvalue weighted by Crippen LogP contribution is 2.42.